The number of hydrogen-bond donors (Lipinski definition) is 0. The van der Waals surface area contributed by atoms with Gasteiger partial charge in [-0.3, -0.25) is 9.25 Å². The predicted molar refractivity (Wildman–Crippen MR) is 66.3 cm³/mol. The number of nitrogens with zero attached hydrogens (tertiary/aromatic N) is 5. The molecule has 18 heavy (non-hydrogen) atoms. The third-order valence-electron chi connectivity index (χ3n) is 3.56. The number of rotatable bonds is 3. The first kappa shape index (κ1) is 11.3. The van der Waals surface area contributed by atoms with Crippen molar-refractivity contribution in [1.82, 2.24) is 24.1 Å². The molecule has 0 aromatic carbocycles. The molecule has 2 aromatic heterocycles. The molecule has 1 fully saturated rings. The Hall–Kier alpha value is -1.85. The minimum atomic E-state index is -0.106. The number of aromatic nitrogens is 5. The van der Waals surface area contributed by atoms with E-state index in [4.69, 9.17) is 0 Å². The van der Waals surface area contributed by atoms with Gasteiger partial charge < -0.3 is 0 Å². The van der Waals surface area contributed by atoms with E-state index in [0.717, 1.165) is 5.69 Å². The Balaban J connectivity index is 1.77. The Bertz CT molecular complexity index is 588. The summed E-state index contributed by atoms with van der Waals surface area (Å²) in [5.41, 5.74) is 0.785. The first-order valence-electron chi connectivity index (χ1n) is 6.36. The van der Waals surface area contributed by atoms with E-state index < -0.39 is 0 Å². The molecule has 0 unspecified atom stereocenters. The van der Waals surface area contributed by atoms with E-state index in [0.29, 0.717) is 12.6 Å². The van der Waals surface area contributed by atoms with Crippen LogP contribution in [0.2, 0.25) is 0 Å². The molecule has 0 aliphatic heterocycles. The van der Waals surface area contributed by atoms with Crippen molar-refractivity contribution in [2.45, 2.75) is 38.3 Å². The van der Waals surface area contributed by atoms with Crippen molar-refractivity contribution in [2.24, 2.45) is 7.05 Å². The van der Waals surface area contributed by atoms with Crippen LogP contribution in [-0.4, -0.2) is 24.1 Å². The van der Waals surface area contributed by atoms with Crippen LogP contribution in [0.1, 0.15) is 37.4 Å². The first-order valence-corrected chi connectivity index (χ1v) is 6.36. The van der Waals surface area contributed by atoms with Crippen LogP contribution >= 0.6 is 0 Å². The fraction of sp³-hybridized carbons (Fsp3) is 0.583. The zero-order chi connectivity index (χ0) is 12.5. The van der Waals surface area contributed by atoms with Crippen molar-refractivity contribution in [3.05, 3.63) is 34.8 Å². The van der Waals surface area contributed by atoms with Gasteiger partial charge in [-0.1, -0.05) is 12.8 Å². The summed E-state index contributed by atoms with van der Waals surface area (Å²) in [6.45, 7) is 0.444. The second-order valence-electron chi connectivity index (χ2n) is 4.91. The molecular formula is C12H17N5O. The predicted octanol–water partition coefficient (Wildman–Crippen LogP) is 0.942. The molecule has 0 saturated heterocycles. The molecule has 0 N–H and O–H groups in total. The van der Waals surface area contributed by atoms with Crippen LogP contribution in [0.25, 0.3) is 0 Å². The highest BCUT2D eigenvalue weighted by Crippen LogP contribution is 2.28. The summed E-state index contributed by atoms with van der Waals surface area (Å²) >= 11 is 0. The molecule has 3 rings (SSSR count). The van der Waals surface area contributed by atoms with E-state index in [1.807, 2.05) is 16.9 Å². The van der Waals surface area contributed by atoms with Gasteiger partial charge in [0, 0.05) is 13.2 Å². The summed E-state index contributed by atoms with van der Waals surface area (Å²) < 4.78 is 4.94. The van der Waals surface area contributed by atoms with Crippen molar-refractivity contribution in [2.75, 3.05) is 0 Å². The summed E-state index contributed by atoms with van der Waals surface area (Å²) in [4.78, 5) is 11.7. The zero-order valence-electron chi connectivity index (χ0n) is 10.5. The van der Waals surface area contributed by atoms with Crippen molar-refractivity contribution in [3.63, 3.8) is 0 Å². The van der Waals surface area contributed by atoms with Gasteiger partial charge in [-0.2, -0.15) is 10.2 Å². The average Bonchev–Trinajstić information content (AvgIpc) is 3.06. The maximum Gasteiger partial charge on any atom is 0.345 e. The van der Waals surface area contributed by atoms with Gasteiger partial charge in [-0.15, -0.1) is 0 Å². The minimum Gasteiger partial charge on any atom is -0.285 e. The van der Waals surface area contributed by atoms with Gasteiger partial charge in [-0.05, 0) is 18.9 Å². The summed E-state index contributed by atoms with van der Waals surface area (Å²) in [7, 11) is 1.70. The van der Waals surface area contributed by atoms with Gasteiger partial charge in [0.15, 0.2) is 0 Å². The maximum atomic E-state index is 11.7. The fourth-order valence-electron chi connectivity index (χ4n) is 2.52. The number of aryl methyl sites for hydroxylation is 1. The molecule has 1 aliphatic carbocycles. The molecule has 2 heterocycles. The Labute approximate surface area is 105 Å². The summed E-state index contributed by atoms with van der Waals surface area (Å²) in [6.07, 6.45) is 8.55. The normalized spacial score (nSPS) is 16.5. The Morgan fingerprint density at radius 3 is 2.83 bits per heavy atom. The van der Waals surface area contributed by atoms with Crippen molar-refractivity contribution < 1.29 is 0 Å². The highest BCUT2D eigenvalue weighted by atomic mass is 16.2. The van der Waals surface area contributed by atoms with E-state index in [1.54, 1.807) is 7.05 Å². The van der Waals surface area contributed by atoms with E-state index in [2.05, 4.69) is 10.2 Å². The highest BCUT2D eigenvalue weighted by molar-refractivity contribution is 5.00. The van der Waals surface area contributed by atoms with Crippen LogP contribution in [0, 0.1) is 0 Å². The van der Waals surface area contributed by atoms with E-state index in [1.165, 1.54) is 41.3 Å². The molecule has 0 amide bonds. The highest BCUT2D eigenvalue weighted by Gasteiger charge is 2.17. The van der Waals surface area contributed by atoms with E-state index in [9.17, 15) is 4.79 Å². The topological polar surface area (TPSA) is 57.6 Å². The minimum absolute atomic E-state index is 0.106. The second kappa shape index (κ2) is 4.44. The van der Waals surface area contributed by atoms with E-state index >= 15 is 0 Å². The lowest BCUT2D eigenvalue weighted by atomic mass is 10.3. The molecule has 6 nitrogen and oxygen atoms in total. The Morgan fingerprint density at radius 1 is 1.39 bits per heavy atom. The molecule has 1 aliphatic rings. The quantitative estimate of drug-likeness (QED) is 0.811. The van der Waals surface area contributed by atoms with Crippen LogP contribution in [0.4, 0.5) is 0 Å². The van der Waals surface area contributed by atoms with Crippen LogP contribution in [0.3, 0.4) is 0 Å². The maximum absolute atomic E-state index is 11.7. The van der Waals surface area contributed by atoms with Gasteiger partial charge in [0.2, 0.25) is 0 Å². The first-order chi connectivity index (χ1) is 8.74. The van der Waals surface area contributed by atoms with Crippen molar-refractivity contribution >= 4 is 0 Å². The van der Waals surface area contributed by atoms with Crippen LogP contribution in [0.5, 0.6) is 0 Å². The summed E-state index contributed by atoms with van der Waals surface area (Å²) in [6, 6.07) is 2.51. The van der Waals surface area contributed by atoms with Gasteiger partial charge in [0.05, 0.1) is 18.3 Å². The standard InChI is InChI=1S/C12H17N5O/c1-15-9-13-17(12(15)18)8-10-6-7-16(14-10)11-4-2-3-5-11/h6-7,9,11H,2-5,8H2,1H3. The van der Waals surface area contributed by atoms with Gasteiger partial charge in [0.1, 0.15) is 6.33 Å². The molecule has 0 atom stereocenters. The molecular weight excluding hydrogens is 230 g/mol. The van der Waals surface area contributed by atoms with Crippen molar-refractivity contribution in [1.29, 1.82) is 0 Å². The Morgan fingerprint density at radius 2 is 2.17 bits per heavy atom. The fourth-order valence-corrected chi connectivity index (χ4v) is 2.52. The average molecular weight is 247 g/mol. The van der Waals surface area contributed by atoms with Crippen LogP contribution < -0.4 is 5.69 Å². The SMILES string of the molecule is Cn1cnn(Cc2ccn(C3CCCC3)n2)c1=O. The molecule has 2 aromatic rings. The van der Waals surface area contributed by atoms with Crippen LogP contribution in [-0.2, 0) is 13.6 Å². The smallest absolute Gasteiger partial charge is 0.285 e. The van der Waals surface area contributed by atoms with Gasteiger partial charge in [0.25, 0.3) is 0 Å². The Kier molecular flexibility index (Phi) is 2.77. The largest absolute Gasteiger partial charge is 0.345 e. The van der Waals surface area contributed by atoms with Crippen LogP contribution in [0.15, 0.2) is 23.4 Å². The van der Waals surface area contributed by atoms with E-state index in [-0.39, 0.29) is 5.69 Å². The number of hydrogen-bond acceptors (Lipinski definition) is 3. The summed E-state index contributed by atoms with van der Waals surface area (Å²) in [5, 5.41) is 8.58. The molecule has 0 spiro atoms. The monoisotopic (exact) mass is 247 g/mol. The summed E-state index contributed by atoms with van der Waals surface area (Å²) in [5.74, 6) is 0. The molecule has 1 saturated carbocycles. The lowest BCUT2D eigenvalue weighted by Gasteiger charge is -2.08. The second-order valence-corrected chi connectivity index (χ2v) is 4.91. The van der Waals surface area contributed by atoms with Crippen molar-refractivity contribution in [3.8, 4) is 0 Å². The van der Waals surface area contributed by atoms with Gasteiger partial charge in [-0.25, -0.2) is 9.48 Å². The molecule has 6 heteroatoms. The molecule has 96 valence electrons. The van der Waals surface area contributed by atoms with Gasteiger partial charge >= 0.3 is 5.69 Å². The third-order valence-corrected chi connectivity index (χ3v) is 3.56. The lowest BCUT2D eigenvalue weighted by molar-refractivity contribution is 0.460. The lowest BCUT2D eigenvalue weighted by Crippen LogP contribution is -2.23. The zero-order valence-corrected chi connectivity index (χ0v) is 10.5. The molecule has 0 radical (unpaired) electrons. The third kappa shape index (κ3) is 1.98. The molecule has 0 bridgehead atoms.